The number of hydrogen-bond acceptors (Lipinski definition) is 8. The third-order valence-electron chi connectivity index (χ3n) is 5.47. The quantitative estimate of drug-likeness (QED) is 0.366. The molecule has 0 unspecified atom stereocenters. The molecule has 2 aromatic heterocycles. The second-order valence-corrected chi connectivity index (χ2v) is 10.0. The van der Waals surface area contributed by atoms with Crippen molar-refractivity contribution in [2.75, 3.05) is 5.73 Å². The number of aryl methyl sites for hydroxylation is 3. The van der Waals surface area contributed by atoms with Crippen LogP contribution in [0.25, 0.3) is 11.3 Å². The number of anilines is 1. The molecule has 0 aliphatic rings. The van der Waals surface area contributed by atoms with Crippen molar-refractivity contribution in [2.24, 2.45) is 0 Å². The van der Waals surface area contributed by atoms with E-state index < -0.39 is 21.0 Å². The molecular weight excluding hydrogens is 490 g/mol. The van der Waals surface area contributed by atoms with E-state index in [1.165, 1.54) is 24.3 Å². The van der Waals surface area contributed by atoms with Crippen molar-refractivity contribution in [1.29, 1.82) is 5.26 Å². The van der Waals surface area contributed by atoms with Gasteiger partial charge in [0.05, 0.1) is 17.3 Å². The number of nitrogens with one attached hydrogen (secondary N) is 1. The highest BCUT2D eigenvalue weighted by molar-refractivity contribution is 7.90. The van der Waals surface area contributed by atoms with E-state index in [-0.39, 0.29) is 20.1 Å². The van der Waals surface area contributed by atoms with Crippen LogP contribution in [0.15, 0.2) is 71.8 Å². The molecule has 4 aromatic rings. The summed E-state index contributed by atoms with van der Waals surface area (Å²) in [6.07, 6.45) is 0. The molecular formula is C27H27N5O4S. The summed E-state index contributed by atoms with van der Waals surface area (Å²) in [5.74, 6) is -0.520. The number of nitrogens with two attached hydrogens (primary N) is 1. The normalized spacial score (nSPS) is 11.0. The van der Waals surface area contributed by atoms with Crippen molar-refractivity contribution >= 4 is 21.7 Å². The average Bonchev–Trinajstić information content (AvgIpc) is 2.86. The van der Waals surface area contributed by atoms with Crippen LogP contribution in [0, 0.1) is 32.1 Å². The maximum absolute atomic E-state index is 13.2. The number of pyridine rings is 2. The van der Waals surface area contributed by atoms with Crippen molar-refractivity contribution < 1.29 is 20.8 Å². The zero-order chi connectivity index (χ0) is 26.7. The summed E-state index contributed by atoms with van der Waals surface area (Å²) in [4.78, 5) is 21.5. The lowest BCUT2D eigenvalue weighted by atomic mass is 10.1. The van der Waals surface area contributed by atoms with Crippen LogP contribution in [0.3, 0.4) is 0 Å². The molecule has 0 aliphatic heterocycles. The lowest BCUT2D eigenvalue weighted by Crippen LogP contribution is -2.31. The molecule has 9 nitrogen and oxygen atoms in total. The maximum Gasteiger partial charge on any atom is 0.281 e. The zero-order valence-corrected chi connectivity index (χ0v) is 21.1. The zero-order valence-electron chi connectivity index (χ0n) is 20.3. The lowest BCUT2D eigenvalue weighted by molar-refractivity contribution is 0.0978. The lowest BCUT2D eigenvalue weighted by Gasteiger charge is -2.16. The van der Waals surface area contributed by atoms with Gasteiger partial charge >= 0.3 is 0 Å². The second kappa shape index (κ2) is 10.1. The van der Waals surface area contributed by atoms with Gasteiger partial charge in [0.15, 0.2) is 5.03 Å². The molecule has 0 saturated heterocycles. The van der Waals surface area contributed by atoms with E-state index in [9.17, 15) is 13.2 Å². The van der Waals surface area contributed by atoms with E-state index in [0.29, 0.717) is 22.6 Å². The summed E-state index contributed by atoms with van der Waals surface area (Å²) < 4.78 is 33.7. The molecule has 3 N–H and O–H groups in total. The molecule has 0 atom stereocenters. The summed E-state index contributed by atoms with van der Waals surface area (Å²) in [7, 11) is -4.32. The first-order valence-electron chi connectivity index (χ1n) is 11.1. The number of nitrogen functional groups attached to an aromatic ring is 1. The third-order valence-corrected chi connectivity index (χ3v) is 6.70. The number of nitrogens with zero attached hydrogens (tertiary/aromatic N) is 3. The van der Waals surface area contributed by atoms with Gasteiger partial charge in [-0.15, -0.1) is 0 Å². The van der Waals surface area contributed by atoms with Crippen LogP contribution >= 0.6 is 0 Å². The number of hydrogen-bond donors (Lipinski definition) is 2. The Bertz CT molecular complexity index is 1650. The Morgan fingerprint density at radius 2 is 1.68 bits per heavy atom. The van der Waals surface area contributed by atoms with Crippen LogP contribution in [0.2, 0.25) is 0 Å². The highest BCUT2D eigenvalue weighted by Crippen LogP contribution is 2.32. The summed E-state index contributed by atoms with van der Waals surface area (Å²) >= 11 is 0. The van der Waals surface area contributed by atoms with Gasteiger partial charge in [0, 0.05) is 8.42 Å². The highest BCUT2D eigenvalue weighted by Gasteiger charge is 2.24. The number of nitriles is 1. The first-order valence-corrected chi connectivity index (χ1v) is 12.6. The fraction of sp³-hybridized carbons (Fsp3) is 0.111. The molecule has 0 fully saturated rings. The number of amides is 1. The van der Waals surface area contributed by atoms with Gasteiger partial charge in [0.2, 0.25) is 5.88 Å². The molecule has 37 heavy (non-hydrogen) atoms. The predicted octanol–water partition coefficient (Wildman–Crippen LogP) is 4.93. The van der Waals surface area contributed by atoms with Crippen LogP contribution < -0.4 is 15.2 Å². The molecule has 2 heterocycles. The molecule has 0 bridgehead atoms. The minimum atomic E-state index is -4.32. The van der Waals surface area contributed by atoms with E-state index in [2.05, 4.69) is 16.0 Å². The van der Waals surface area contributed by atoms with Gasteiger partial charge in [-0.05, 0) is 68.3 Å². The van der Waals surface area contributed by atoms with Crippen LogP contribution in [-0.4, -0.2) is 24.3 Å². The second-order valence-electron chi connectivity index (χ2n) is 8.40. The minimum Gasteiger partial charge on any atom is -0.438 e. The number of rotatable bonds is 6. The van der Waals surface area contributed by atoms with E-state index in [1.807, 2.05) is 37.6 Å². The average molecular weight is 518 g/mol. The molecule has 1 amide bonds. The van der Waals surface area contributed by atoms with Crippen molar-refractivity contribution in [3.63, 3.8) is 0 Å². The Morgan fingerprint density at radius 1 is 1.00 bits per heavy atom. The van der Waals surface area contributed by atoms with E-state index in [0.717, 1.165) is 16.7 Å². The first-order chi connectivity index (χ1) is 17.6. The maximum atomic E-state index is 13.2. The SMILES string of the molecule is Cc1cc(C)c(Oc2nc(-c3ccc(C#N)cc3)ccc2C(=O)NS(=O)(=O)c2cccc(N)n2)c(C)c1.[HH].[HH]. The fourth-order valence-corrected chi connectivity index (χ4v) is 4.74. The highest BCUT2D eigenvalue weighted by atomic mass is 32.2. The van der Waals surface area contributed by atoms with Crippen molar-refractivity contribution in [3.8, 4) is 29.0 Å². The van der Waals surface area contributed by atoms with Crippen LogP contribution in [0.4, 0.5) is 5.82 Å². The van der Waals surface area contributed by atoms with Crippen LogP contribution in [0.1, 0.15) is 35.5 Å². The third kappa shape index (κ3) is 5.58. The van der Waals surface area contributed by atoms with E-state index in [4.69, 9.17) is 15.7 Å². The van der Waals surface area contributed by atoms with Gasteiger partial charge in [0.25, 0.3) is 15.9 Å². The molecule has 0 saturated carbocycles. The van der Waals surface area contributed by atoms with Crippen molar-refractivity contribution in [3.05, 3.63) is 94.5 Å². The molecule has 0 aliphatic carbocycles. The number of carbonyl (C=O) groups is 1. The Labute approximate surface area is 217 Å². The van der Waals surface area contributed by atoms with Crippen LogP contribution in [0.5, 0.6) is 11.6 Å². The van der Waals surface area contributed by atoms with Gasteiger partial charge in [-0.3, -0.25) is 4.79 Å². The van der Waals surface area contributed by atoms with Crippen LogP contribution in [-0.2, 0) is 10.0 Å². The van der Waals surface area contributed by atoms with Gasteiger partial charge < -0.3 is 10.5 Å². The van der Waals surface area contributed by atoms with E-state index >= 15 is 0 Å². The van der Waals surface area contributed by atoms with Gasteiger partial charge in [0.1, 0.15) is 17.1 Å². The Morgan fingerprint density at radius 3 is 2.30 bits per heavy atom. The molecule has 190 valence electrons. The van der Waals surface area contributed by atoms with Crippen molar-refractivity contribution in [2.45, 2.75) is 25.8 Å². The molecule has 0 radical (unpaired) electrons. The molecule has 4 rings (SSSR count). The first kappa shape index (κ1) is 25.3. The fourth-order valence-electron chi connectivity index (χ4n) is 3.80. The standard InChI is InChI=1S/C27H23N5O4S.2H2/c1-16-13-17(2)25(18(3)14-16)36-27-21(11-12-22(30-27)20-9-7-19(15-28)8-10-20)26(33)32-37(34,35)24-6-4-5-23(29)31-24;;/h4-14H,1-3H3,(H2,29,31)(H,32,33);2*1H. The molecule has 10 heteroatoms. The number of aromatic nitrogens is 2. The summed E-state index contributed by atoms with van der Waals surface area (Å²) in [6, 6.07) is 19.8. The number of sulfonamides is 1. The van der Waals surface area contributed by atoms with Gasteiger partial charge in [-0.1, -0.05) is 35.9 Å². The predicted molar refractivity (Wildman–Crippen MR) is 143 cm³/mol. The minimum absolute atomic E-state index is 0. The summed E-state index contributed by atoms with van der Waals surface area (Å²) in [5, 5.41) is 8.68. The number of benzene rings is 2. The van der Waals surface area contributed by atoms with Crippen molar-refractivity contribution in [1.82, 2.24) is 14.7 Å². The summed E-state index contributed by atoms with van der Waals surface area (Å²) in [5.41, 5.74) is 9.84. The molecule has 2 aromatic carbocycles. The topological polar surface area (TPSA) is 148 Å². The Balaban J connectivity index is 0.00000267. The Hall–Kier alpha value is -4.75. The number of ether oxygens (including phenoxy) is 1. The van der Waals surface area contributed by atoms with E-state index in [1.54, 1.807) is 30.3 Å². The summed E-state index contributed by atoms with van der Waals surface area (Å²) in [6.45, 7) is 5.70. The monoisotopic (exact) mass is 517 g/mol. The molecule has 0 spiro atoms. The largest absolute Gasteiger partial charge is 0.438 e. The van der Waals surface area contributed by atoms with Gasteiger partial charge in [-0.25, -0.2) is 14.7 Å². The number of carbonyl (C=O) groups excluding carboxylic acids is 1. The smallest absolute Gasteiger partial charge is 0.281 e. The van der Waals surface area contributed by atoms with Gasteiger partial charge in [-0.2, -0.15) is 13.7 Å². The Kier molecular flexibility index (Phi) is 6.91.